The van der Waals surface area contributed by atoms with Gasteiger partial charge in [0.05, 0.1) is 12.1 Å². The van der Waals surface area contributed by atoms with Gasteiger partial charge in [-0.3, -0.25) is 0 Å². The minimum atomic E-state index is -0.312. The summed E-state index contributed by atoms with van der Waals surface area (Å²) in [6.07, 6.45) is 4.92. The molecule has 1 aliphatic heterocycles. The van der Waals surface area contributed by atoms with Gasteiger partial charge in [0, 0.05) is 12.6 Å². The molecule has 1 heterocycles. The van der Waals surface area contributed by atoms with Crippen LogP contribution in [0.5, 0.6) is 0 Å². The first kappa shape index (κ1) is 16.5. The SMILES string of the molecule is CCNC(CO)(CCN1CCCCC1C)c1ccccc1. The quantitative estimate of drug-likeness (QED) is 0.810. The maximum atomic E-state index is 10.1. The predicted octanol–water partition coefficient (Wildman–Crippen LogP) is 2.75. The fourth-order valence-electron chi connectivity index (χ4n) is 3.48. The zero-order valence-electron chi connectivity index (χ0n) is 13.5. The number of nitrogens with one attached hydrogen (secondary N) is 1. The molecule has 1 fully saturated rings. The molecular weight excluding hydrogens is 260 g/mol. The van der Waals surface area contributed by atoms with E-state index in [9.17, 15) is 5.11 Å². The van der Waals surface area contributed by atoms with Crippen molar-refractivity contribution in [2.24, 2.45) is 0 Å². The highest BCUT2D eigenvalue weighted by Crippen LogP contribution is 2.27. The number of piperidine rings is 1. The van der Waals surface area contributed by atoms with Crippen molar-refractivity contribution >= 4 is 0 Å². The van der Waals surface area contributed by atoms with E-state index in [4.69, 9.17) is 0 Å². The first-order valence-corrected chi connectivity index (χ1v) is 8.37. The molecule has 1 aromatic rings. The fourth-order valence-corrected chi connectivity index (χ4v) is 3.48. The summed E-state index contributed by atoms with van der Waals surface area (Å²) in [4.78, 5) is 2.58. The Morgan fingerprint density at radius 1 is 1.29 bits per heavy atom. The molecule has 0 saturated carbocycles. The van der Waals surface area contributed by atoms with Gasteiger partial charge in [-0.25, -0.2) is 0 Å². The van der Waals surface area contributed by atoms with E-state index < -0.39 is 0 Å². The van der Waals surface area contributed by atoms with Crippen LogP contribution in [0.1, 0.15) is 45.1 Å². The van der Waals surface area contributed by atoms with Gasteiger partial charge in [-0.05, 0) is 44.8 Å². The van der Waals surface area contributed by atoms with Crippen molar-refractivity contribution in [3.05, 3.63) is 35.9 Å². The average molecular weight is 290 g/mol. The van der Waals surface area contributed by atoms with Crippen LogP contribution in [-0.2, 0) is 5.54 Å². The normalized spacial score (nSPS) is 22.9. The predicted molar refractivity (Wildman–Crippen MR) is 88.4 cm³/mol. The maximum Gasteiger partial charge on any atom is 0.0681 e. The van der Waals surface area contributed by atoms with Gasteiger partial charge in [0.2, 0.25) is 0 Å². The van der Waals surface area contributed by atoms with Gasteiger partial charge in [-0.1, -0.05) is 43.7 Å². The monoisotopic (exact) mass is 290 g/mol. The highest BCUT2D eigenvalue weighted by Gasteiger charge is 2.31. The largest absolute Gasteiger partial charge is 0.394 e. The van der Waals surface area contributed by atoms with E-state index in [0.717, 1.165) is 19.5 Å². The number of aliphatic hydroxyl groups is 1. The lowest BCUT2D eigenvalue weighted by molar-refractivity contribution is 0.106. The molecule has 3 nitrogen and oxygen atoms in total. The Kier molecular flexibility index (Phi) is 6.22. The third kappa shape index (κ3) is 4.06. The van der Waals surface area contributed by atoms with Gasteiger partial charge in [0.25, 0.3) is 0 Å². The number of likely N-dealkylation sites (N-methyl/N-ethyl adjacent to an activating group) is 1. The molecule has 2 N–H and O–H groups in total. The summed E-state index contributed by atoms with van der Waals surface area (Å²) in [7, 11) is 0. The van der Waals surface area contributed by atoms with E-state index in [1.54, 1.807) is 0 Å². The summed E-state index contributed by atoms with van der Waals surface area (Å²) in [6, 6.07) is 11.1. The topological polar surface area (TPSA) is 35.5 Å². The molecule has 118 valence electrons. The highest BCUT2D eigenvalue weighted by atomic mass is 16.3. The number of rotatable bonds is 7. The van der Waals surface area contributed by atoms with Crippen molar-refractivity contribution < 1.29 is 5.11 Å². The molecule has 1 aromatic carbocycles. The minimum absolute atomic E-state index is 0.146. The second kappa shape index (κ2) is 7.92. The van der Waals surface area contributed by atoms with E-state index in [0.29, 0.717) is 6.04 Å². The van der Waals surface area contributed by atoms with Gasteiger partial charge in [0.1, 0.15) is 0 Å². The molecule has 0 aliphatic carbocycles. The second-order valence-corrected chi connectivity index (χ2v) is 6.27. The molecule has 2 unspecified atom stereocenters. The first-order chi connectivity index (χ1) is 10.2. The molecule has 0 aromatic heterocycles. The molecule has 1 aliphatic rings. The van der Waals surface area contributed by atoms with Crippen LogP contribution in [0.15, 0.2) is 30.3 Å². The smallest absolute Gasteiger partial charge is 0.0681 e. The van der Waals surface area contributed by atoms with Crippen LogP contribution >= 0.6 is 0 Å². The molecule has 0 bridgehead atoms. The van der Waals surface area contributed by atoms with Crippen LogP contribution in [0.4, 0.5) is 0 Å². The Morgan fingerprint density at radius 2 is 2.05 bits per heavy atom. The van der Waals surface area contributed by atoms with Crippen LogP contribution in [0.2, 0.25) is 0 Å². The molecule has 21 heavy (non-hydrogen) atoms. The van der Waals surface area contributed by atoms with Gasteiger partial charge in [-0.2, -0.15) is 0 Å². The molecule has 0 spiro atoms. The van der Waals surface area contributed by atoms with Crippen LogP contribution in [-0.4, -0.2) is 42.3 Å². The highest BCUT2D eigenvalue weighted by molar-refractivity contribution is 5.24. The number of aliphatic hydroxyl groups excluding tert-OH is 1. The number of nitrogens with zero attached hydrogens (tertiary/aromatic N) is 1. The van der Waals surface area contributed by atoms with Crippen molar-refractivity contribution in [2.45, 2.75) is 51.1 Å². The lowest BCUT2D eigenvalue weighted by Gasteiger charge is -2.39. The van der Waals surface area contributed by atoms with Gasteiger partial charge in [0.15, 0.2) is 0 Å². The van der Waals surface area contributed by atoms with Gasteiger partial charge < -0.3 is 15.3 Å². The molecule has 2 atom stereocenters. The van der Waals surface area contributed by atoms with Gasteiger partial charge in [-0.15, -0.1) is 0 Å². The molecule has 1 saturated heterocycles. The minimum Gasteiger partial charge on any atom is -0.394 e. The van der Waals surface area contributed by atoms with Crippen LogP contribution in [0.3, 0.4) is 0 Å². The first-order valence-electron chi connectivity index (χ1n) is 8.37. The van der Waals surface area contributed by atoms with Gasteiger partial charge >= 0.3 is 0 Å². The maximum absolute atomic E-state index is 10.1. The molecule has 3 heteroatoms. The fraction of sp³-hybridized carbons (Fsp3) is 0.667. The van der Waals surface area contributed by atoms with Crippen LogP contribution in [0.25, 0.3) is 0 Å². The Morgan fingerprint density at radius 3 is 2.67 bits per heavy atom. The summed E-state index contributed by atoms with van der Waals surface area (Å²) in [5.41, 5.74) is 0.881. The molecule has 2 rings (SSSR count). The average Bonchev–Trinajstić information content (AvgIpc) is 2.54. The zero-order valence-corrected chi connectivity index (χ0v) is 13.5. The Bertz CT molecular complexity index is 409. The lowest BCUT2D eigenvalue weighted by Crippen LogP contribution is -2.49. The van der Waals surface area contributed by atoms with Crippen molar-refractivity contribution in [1.29, 1.82) is 0 Å². The third-order valence-electron chi connectivity index (χ3n) is 4.88. The molecule has 0 amide bonds. The lowest BCUT2D eigenvalue weighted by atomic mass is 9.86. The van der Waals surface area contributed by atoms with Crippen molar-refractivity contribution in [3.63, 3.8) is 0 Å². The van der Waals surface area contributed by atoms with E-state index in [2.05, 4.69) is 48.3 Å². The summed E-state index contributed by atoms with van der Waals surface area (Å²) in [5, 5.41) is 13.6. The summed E-state index contributed by atoms with van der Waals surface area (Å²) < 4.78 is 0. The van der Waals surface area contributed by atoms with E-state index in [-0.39, 0.29) is 12.1 Å². The van der Waals surface area contributed by atoms with Crippen LogP contribution < -0.4 is 5.32 Å². The molecular formula is C18H30N2O. The number of likely N-dealkylation sites (tertiary alicyclic amines) is 1. The van der Waals surface area contributed by atoms with E-state index in [1.807, 2.05) is 6.07 Å². The number of hydrogen-bond acceptors (Lipinski definition) is 3. The number of hydrogen-bond donors (Lipinski definition) is 2. The second-order valence-electron chi connectivity index (χ2n) is 6.27. The molecule has 0 radical (unpaired) electrons. The standard InChI is InChI=1S/C18H30N2O/c1-3-19-18(15-21,17-10-5-4-6-11-17)12-14-20-13-8-7-9-16(20)2/h4-6,10-11,16,19,21H,3,7-9,12-15H2,1-2H3. The Hall–Kier alpha value is -0.900. The summed E-state index contributed by atoms with van der Waals surface area (Å²) >= 11 is 0. The Balaban J connectivity index is 2.09. The Labute approximate surface area is 129 Å². The summed E-state index contributed by atoms with van der Waals surface area (Å²) in [5.74, 6) is 0. The van der Waals surface area contributed by atoms with Crippen molar-refractivity contribution in [1.82, 2.24) is 10.2 Å². The number of benzene rings is 1. The zero-order chi connectivity index (χ0) is 15.1. The van der Waals surface area contributed by atoms with Crippen LogP contribution in [0, 0.1) is 0 Å². The summed E-state index contributed by atoms with van der Waals surface area (Å²) in [6.45, 7) is 7.69. The third-order valence-corrected chi connectivity index (χ3v) is 4.88. The van der Waals surface area contributed by atoms with Crippen molar-refractivity contribution in [3.8, 4) is 0 Å². The van der Waals surface area contributed by atoms with E-state index in [1.165, 1.54) is 31.4 Å². The van der Waals surface area contributed by atoms with E-state index >= 15 is 0 Å². The van der Waals surface area contributed by atoms with Crippen molar-refractivity contribution in [2.75, 3.05) is 26.2 Å².